The highest BCUT2D eigenvalue weighted by molar-refractivity contribution is 6.06. The van der Waals surface area contributed by atoms with E-state index in [0.717, 1.165) is 64.9 Å². The number of esters is 1. The van der Waals surface area contributed by atoms with Gasteiger partial charge in [0.2, 0.25) is 0 Å². The average molecular weight is 432 g/mol. The zero-order valence-electron chi connectivity index (χ0n) is 18.9. The van der Waals surface area contributed by atoms with E-state index in [9.17, 15) is 9.59 Å². The highest BCUT2D eigenvalue weighted by Crippen LogP contribution is 2.29. The molecule has 1 aliphatic heterocycles. The summed E-state index contributed by atoms with van der Waals surface area (Å²) in [4.78, 5) is 32.8. The van der Waals surface area contributed by atoms with Crippen LogP contribution in [0.2, 0.25) is 0 Å². The molecule has 0 unspecified atom stereocenters. The molecular weight excluding hydrogens is 402 g/mol. The maximum absolute atomic E-state index is 13.2. The first kappa shape index (κ1) is 22.0. The van der Waals surface area contributed by atoms with E-state index in [1.54, 1.807) is 0 Å². The molecular formula is C26H29N3O3. The van der Waals surface area contributed by atoms with Crippen LogP contribution in [0.5, 0.6) is 0 Å². The van der Waals surface area contributed by atoms with Gasteiger partial charge in [0.1, 0.15) is 0 Å². The van der Waals surface area contributed by atoms with Crippen LogP contribution in [0.25, 0.3) is 10.9 Å². The van der Waals surface area contributed by atoms with Crippen LogP contribution in [-0.4, -0.2) is 41.5 Å². The number of aryl methyl sites for hydroxylation is 2. The number of carbonyl (C=O) groups is 2. The van der Waals surface area contributed by atoms with Crippen molar-refractivity contribution in [2.24, 2.45) is 0 Å². The fourth-order valence-electron chi connectivity index (χ4n) is 4.33. The fourth-order valence-corrected chi connectivity index (χ4v) is 4.33. The van der Waals surface area contributed by atoms with Crippen LogP contribution in [0, 0.1) is 13.8 Å². The van der Waals surface area contributed by atoms with Gasteiger partial charge >= 0.3 is 5.97 Å². The van der Waals surface area contributed by atoms with E-state index in [1.807, 2.05) is 56.3 Å². The minimum Gasteiger partial charge on any atom is -0.452 e. The lowest BCUT2D eigenvalue weighted by atomic mass is 9.95. The monoisotopic (exact) mass is 431 g/mol. The van der Waals surface area contributed by atoms with Crippen LogP contribution >= 0.6 is 0 Å². The van der Waals surface area contributed by atoms with Crippen molar-refractivity contribution in [3.63, 3.8) is 0 Å². The maximum Gasteiger partial charge on any atom is 0.339 e. The molecule has 0 saturated carbocycles. The van der Waals surface area contributed by atoms with Crippen molar-refractivity contribution >= 4 is 28.5 Å². The molecule has 1 aromatic heterocycles. The lowest BCUT2D eigenvalue weighted by Gasteiger charge is -2.29. The van der Waals surface area contributed by atoms with Gasteiger partial charge in [0.25, 0.3) is 5.91 Å². The minimum atomic E-state index is -0.478. The van der Waals surface area contributed by atoms with Crippen LogP contribution in [-0.2, 0) is 22.5 Å². The Morgan fingerprint density at radius 3 is 2.75 bits per heavy atom. The SMILES string of the molecule is CCCN1CCc2nc3ccccc3c(C(=O)OCC(=O)Nc3ccc(C)cc3C)c2C1. The Labute approximate surface area is 188 Å². The molecule has 0 saturated heterocycles. The Hall–Kier alpha value is -3.25. The summed E-state index contributed by atoms with van der Waals surface area (Å²) in [6.07, 6.45) is 1.85. The molecule has 1 amide bonds. The molecule has 1 N–H and O–H groups in total. The predicted molar refractivity (Wildman–Crippen MR) is 126 cm³/mol. The molecule has 1 aliphatic rings. The molecule has 0 spiro atoms. The van der Waals surface area contributed by atoms with Gasteiger partial charge in [-0.15, -0.1) is 0 Å². The van der Waals surface area contributed by atoms with Gasteiger partial charge in [-0.3, -0.25) is 14.7 Å². The summed E-state index contributed by atoms with van der Waals surface area (Å²) in [6, 6.07) is 13.4. The molecule has 0 fully saturated rings. The number of aromatic nitrogens is 1. The normalized spacial score (nSPS) is 13.6. The Morgan fingerprint density at radius 2 is 1.97 bits per heavy atom. The van der Waals surface area contributed by atoms with Crippen molar-refractivity contribution in [1.82, 2.24) is 9.88 Å². The number of carbonyl (C=O) groups excluding carboxylic acids is 2. The molecule has 4 rings (SSSR count). The number of hydrogen-bond acceptors (Lipinski definition) is 5. The van der Waals surface area contributed by atoms with Crippen molar-refractivity contribution in [3.8, 4) is 0 Å². The molecule has 0 bridgehead atoms. The first-order chi connectivity index (χ1) is 15.5. The number of pyridine rings is 1. The van der Waals surface area contributed by atoms with Crippen molar-refractivity contribution in [1.29, 1.82) is 0 Å². The number of hydrogen-bond donors (Lipinski definition) is 1. The zero-order valence-corrected chi connectivity index (χ0v) is 18.9. The van der Waals surface area contributed by atoms with Gasteiger partial charge in [-0.2, -0.15) is 0 Å². The number of para-hydroxylation sites is 1. The third-order valence-corrected chi connectivity index (χ3v) is 5.86. The average Bonchev–Trinajstić information content (AvgIpc) is 2.78. The number of nitrogens with one attached hydrogen (secondary N) is 1. The highest BCUT2D eigenvalue weighted by Gasteiger charge is 2.26. The van der Waals surface area contributed by atoms with Crippen molar-refractivity contribution in [3.05, 3.63) is 70.4 Å². The van der Waals surface area contributed by atoms with Gasteiger partial charge in [-0.25, -0.2) is 4.79 Å². The first-order valence-corrected chi connectivity index (χ1v) is 11.1. The molecule has 0 atom stereocenters. The highest BCUT2D eigenvalue weighted by atomic mass is 16.5. The molecule has 3 aromatic rings. The summed E-state index contributed by atoms with van der Waals surface area (Å²) in [7, 11) is 0. The standard InChI is InChI=1S/C26H29N3O3/c1-4-12-29-13-11-23-20(15-29)25(19-7-5-6-8-22(19)27-23)26(31)32-16-24(30)28-21-10-9-17(2)14-18(21)3/h5-10,14H,4,11-13,15-16H2,1-3H3,(H,28,30). The van der Waals surface area contributed by atoms with Crippen LogP contribution in [0.1, 0.15) is 46.1 Å². The third-order valence-electron chi connectivity index (χ3n) is 5.86. The number of nitrogens with zero attached hydrogens (tertiary/aromatic N) is 2. The Bertz CT molecular complexity index is 1170. The lowest BCUT2D eigenvalue weighted by Crippen LogP contribution is -2.33. The maximum atomic E-state index is 13.2. The summed E-state index contributed by atoms with van der Waals surface area (Å²) in [5.41, 5.74) is 5.99. The zero-order chi connectivity index (χ0) is 22.7. The van der Waals surface area contributed by atoms with E-state index < -0.39 is 5.97 Å². The van der Waals surface area contributed by atoms with E-state index in [2.05, 4.69) is 17.1 Å². The Balaban J connectivity index is 1.56. The van der Waals surface area contributed by atoms with Gasteiger partial charge in [0, 0.05) is 41.8 Å². The fraction of sp³-hybridized carbons (Fsp3) is 0.346. The number of benzene rings is 2. The number of fused-ring (bicyclic) bond motifs is 2. The largest absolute Gasteiger partial charge is 0.452 e. The smallest absolute Gasteiger partial charge is 0.339 e. The predicted octanol–water partition coefficient (Wildman–Crippen LogP) is 4.42. The van der Waals surface area contributed by atoms with Gasteiger partial charge in [0.15, 0.2) is 6.61 Å². The summed E-state index contributed by atoms with van der Waals surface area (Å²) in [6.45, 7) is 8.32. The topological polar surface area (TPSA) is 71.5 Å². The van der Waals surface area contributed by atoms with Gasteiger partial charge in [-0.05, 0) is 44.5 Å². The summed E-state index contributed by atoms with van der Waals surface area (Å²) in [5, 5.41) is 3.60. The first-order valence-electron chi connectivity index (χ1n) is 11.1. The summed E-state index contributed by atoms with van der Waals surface area (Å²) < 4.78 is 5.50. The van der Waals surface area contributed by atoms with Gasteiger partial charge in [-0.1, -0.05) is 42.8 Å². The third kappa shape index (κ3) is 4.65. The molecule has 0 radical (unpaired) electrons. The molecule has 6 heteroatoms. The van der Waals surface area contributed by atoms with Crippen molar-refractivity contribution < 1.29 is 14.3 Å². The van der Waals surface area contributed by atoms with E-state index in [-0.39, 0.29) is 12.5 Å². The van der Waals surface area contributed by atoms with E-state index >= 15 is 0 Å². The molecule has 6 nitrogen and oxygen atoms in total. The second-order valence-corrected chi connectivity index (χ2v) is 8.40. The van der Waals surface area contributed by atoms with Crippen LogP contribution in [0.4, 0.5) is 5.69 Å². The molecule has 166 valence electrons. The van der Waals surface area contributed by atoms with Crippen LogP contribution in [0.15, 0.2) is 42.5 Å². The van der Waals surface area contributed by atoms with Crippen LogP contribution in [0.3, 0.4) is 0 Å². The molecule has 0 aliphatic carbocycles. The number of ether oxygens (including phenoxy) is 1. The number of amides is 1. The van der Waals surface area contributed by atoms with Gasteiger partial charge < -0.3 is 10.1 Å². The van der Waals surface area contributed by atoms with E-state index in [0.29, 0.717) is 12.1 Å². The molecule has 2 heterocycles. The second-order valence-electron chi connectivity index (χ2n) is 8.40. The van der Waals surface area contributed by atoms with Crippen molar-refractivity contribution in [2.75, 3.05) is 25.0 Å². The Kier molecular flexibility index (Phi) is 6.51. The van der Waals surface area contributed by atoms with E-state index in [4.69, 9.17) is 9.72 Å². The number of anilines is 1. The second kappa shape index (κ2) is 9.49. The minimum absolute atomic E-state index is 0.337. The summed E-state index contributed by atoms with van der Waals surface area (Å²) >= 11 is 0. The van der Waals surface area contributed by atoms with Crippen LogP contribution < -0.4 is 5.32 Å². The summed E-state index contributed by atoms with van der Waals surface area (Å²) in [5.74, 6) is -0.834. The molecule has 32 heavy (non-hydrogen) atoms. The number of rotatable bonds is 6. The quantitative estimate of drug-likeness (QED) is 0.585. The lowest BCUT2D eigenvalue weighted by molar-refractivity contribution is -0.119. The Morgan fingerprint density at radius 1 is 1.16 bits per heavy atom. The van der Waals surface area contributed by atoms with Gasteiger partial charge in [0.05, 0.1) is 11.1 Å². The van der Waals surface area contributed by atoms with Crippen molar-refractivity contribution in [2.45, 2.75) is 40.2 Å². The van der Waals surface area contributed by atoms with E-state index in [1.165, 1.54) is 0 Å². The molecule has 2 aromatic carbocycles.